The number of nitrogens with zero attached hydrogens (tertiary/aromatic N) is 2. The number of benzene rings is 2. The van der Waals surface area contributed by atoms with E-state index in [1.54, 1.807) is 0 Å². The van der Waals surface area contributed by atoms with Gasteiger partial charge in [0.1, 0.15) is 0 Å². The highest BCUT2D eigenvalue weighted by atomic mass is 35.5. The van der Waals surface area contributed by atoms with Crippen molar-refractivity contribution < 1.29 is 0 Å². The number of aryl methyl sites for hydroxylation is 1. The van der Waals surface area contributed by atoms with Crippen molar-refractivity contribution in [2.24, 2.45) is 0 Å². The first kappa shape index (κ1) is 18.9. The van der Waals surface area contributed by atoms with Crippen LogP contribution in [-0.2, 0) is 6.54 Å². The van der Waals surface area contributed by atoms with E-state index in [0.717, 1.165) is 23.4 Å². The summed E-state index contributed by atoms with van der Waals surface area (Å²) in [5, 5.41) is 1.27. The minimum Gasteiger partial charge on any atom is -0.338 e. The number of hydrogen-bond donors (Lipinski definition) is 0. The van der Waals surface area contributed by atoms with E-state index < -0.39 is 0 Å². The van der Waals surface area contributed by atoms with Gasteiger partial charge in [0.05, 0.1) is 11.2 Å². The van der Waals surface area contributed by atoms with Crippen LogP contribution in [0.4, 0.5) is 0 Å². The Morgan fingerprint density at radius 1 is 0.963 bits per heavy atom. The second-order valence-electron chi connectivity index (χ2n) is 6.66. The smallest absolute Gasteiger partial charge is 0.0945 e. The van der Waals surface area contributed by atoms with E-state index >= 15 is 0 Å². The first-order chi connectivity index (χ1) is 12.7. The normalized spacial score (nSPS) is 10.6. The Morgan fingerprint density at radius 2 is 1.67 bits per heavy atom. The molecular formula is C24H23ClN2. The fraction of sp³-hybridized carbons (Fsp3) is 0.125. The number of pyridine rings is 1. The zero-order valence-electron chi connectivity index (χ0n) is 15.6. The van der Waals surface area contributed by atoms with Crippen molar-refractivity contribution in [2.75, 3.05) is 0 Å². The van der Waals surface area contributed by atoms with Crippen molar-refractivity contribution in [3.63, 3.8) is 0 Å². The molecule has 0 amide bonds. The monoisotopic (exact) mass is 374 g/mol. The zero-order valence-corrected chi connectivity index (χ0v) is 16.5. The highest BCUT2D eigenvalue weighted by molar-refractivity contribution is 5.95. The van der Waals surface area contributed by atoms with Gasteiger partial charge in [-0.3, -0.25) is 4.98 Å². The minimum atomic E-state index is 0. The fourth-order valence-corrected chi connectivity index (χ4v) is 3.55. The van der Waals surface area contributed by atoms with Gasteiger partial charge in [-0.1, -0.05) is 67.3 Å². The molecule has 4 rings (SSSR count). The van der Waals surface area contributed by atoms with Crippen LogP contribution >= 0.6 is 12.4 Å². The van der Waals surface area contributed by atoms with Gasteiger partial charge in [-0.05, 0) is 36.6 Å². The summed E-state index contributed by atoms with van der Waals surface area (Å²) in [7, 11) is 0. The minimum absolute atomic E-state index is 0. The van der Waals surface area contributed by atoms with E-state index in [-0.39, 0.29) is 12.4 Å². The summed E-state index contributed by atoms with van der Waals surface area (Å²) in [4.78, 5) is 4.74. The quantitative estimate of drug-likeness (QED) is 0.402. The lowest BCUT2D eigenvalue weighted by molar-refractivity contribution is 0.800. The van der Waals surface area contributed by atoms with Gasteiger partial charge >= 0.3 is 0 Å². The lowest BCUT2D eigenvalue weighted by Gasteiger charge is -2.12. The molecule has 2 aromatic carbocycles. The third-order valence-electron chi connectivity index (χ3n) is 5.15. The molecule has 136 valence electrons. The number of hydrogen-bond acceptors (Lipinski definition) is 1. The molecule has 0 aliphatic rings. The van der Waals surface area contributed by atoms with Crippen LogP contribution in [0.1, 0.15) is 22.4 Å². The highest BCUT2D eigenvalue weighted by Gasteiger charge is 2.16. The molecule has 2 aromatic heterocycles. The SMILES string of the molecule is C=Cc1ccc(-c2nccc3c(C)c(C)n(Cc4ccccc4)c23)cc1.Cl. The van der Waals surface area contributed by atoms with Crippen LogP contribution in [0.15, 0.2) is 73.4 Å². The average Bonchev–Trinajstić information content (AvgIpc) is 2.94. The molecule has 0 bridgehead atoms. The average molecular weight is 375 g/mol. The van der Waals surface area contributed by atoms with Crippen LogP contribution in [-0.4, -0.2) is 9.55 Å². The Bertz CT molecular complexity index is 1080. The largest absolute Gasteiger partial charge is 0.338 e. The van der Waals surface area contributed by atoms with Crippen molar-refractivity contribution in [3.8, 4) is 11.3 Å². The van der Waals surface area contributed by atoms with E-state index in [1.807, 2.05) is 12.3 Å². The third-order valence-corrected chi connectivity index (χ3v) is 5.15. The van der Waals surface area contributed by atoms with Gasteiger partial charge in [-0.15, -0.1) is 12.4 Å². The van der Waals surface area contributed by atoms with Crippen molar-refractivity contribution in [1.29, 1.82) is 0 Å². The number of rotatable bonds is 4. The van der Waals surface area contributed by atoms with Crippen LogP contribution in [0.5, 0.6) is 0 Å². The van der Waals surface area contributed by atoms with Gasteiger partial charge in [0, 0.05) is 29.4 Å². The zero-order chi connectivity index (χ0) is 18.1. The molecule has 0 fully saturated rings. The second-order valence-corrected chi connectivity index (χ2v) is 6.66. The van der Waals surface area contributed by atoms with E-state index in [4.69, 9.17) is 4.98 Å². The van der Waals surface area contributed by atoms with E-state index in [9.17, 15) is 0 Å². The summed E-state index contributed by atoms with van der Waals surface area (Å²) in [6.07, 6.45) is 3.78. The summed E-state index contributed by atoms with van der Waals surface area (Å²) in [5.41, 5.74) is 8.40. The molecule has 0 radical (unpaired) electrons. The van der Waals surface area contributed by atoms with Crippen molar-refractivity contribution in [1.82, 2.24) is 9.55 Å². The lowest BCUT2D eigenvalue weighted by atomic mass is 10.1. The third kappa shape index (κ3) is 3.41. The summed E-state index contributed by atoms with van der Waals surface area (Å²) in [6, 6.07) is 21.2. The van der Waals surface area contributed by atoms with E-state index in [0.29, 0.717) is 0 Å². The van der Waals surface area contributed by atoms with E-state index in [1.165, 1.54) is 27.7 Å². The van der Waals surface area contributed by atoms with Crippen LogP contribution in [0, 0.1) is 13.8 Å². The highest BCUT2D eigenvalue weighted by Crippen LogP contribution is 2.33. The van der Waals surface area contributed by atoms with Gasteiger partial charge in [-0.2, -0.15) is 0 Å². The summed E-state index contributed by atoms with van der Waals surface area (Å²) < 4.78 is 2.39. The molecule has 0 aliphatic carbocycles. The molecule has 0 atom stereocenters. The first-order valence-electron chi connectivity index (χ1n) is 8.90. The van der Waals surface area contributed by atoms with Crippen molar-refractivity contribution in [2.45, 2.75) is 20.4 Å². The molecule has 2 heterocycles. The molecule has 2 nitrogen and oxygen atoms in total. The lowest BCUT2D eigenvalue weighted by Crippen LogP contribution is -2.03. The van der Waals surface area contributed by atoms with Crippen LogP contribution < -0.4 is 0 Å². The predicted molar refractivity (Wildman–Crippen MR) is 118 cm³/mol. The maximum Gasteiger partial charge on any atom is 0.0945 e. The predicted octanol–water partition coefficient (Wildman–Crippen LogP) is 6.43. The molecule has 4 aromatic rings. The molecule has 3 heteroatoms. The Labute approximate surface area is 166 Å². The fourth-order valence-electron chi connectivity index (χ4n) is 3.55. The summed E-state index contributed by atoms with van der Waals surface area (Å²) in [6.45, 7) is 9.08. The van der Waals surface area contributed by atoms with Gasteiger partial charge < -0.3 is 4.57 Å². The van der Waals surface area contributed by atoms with Gasteiger partial charge in [0.25, 0.3) is 0 Å². The molecule has 0 spiro atoms. The Morgan fingerprint density at radius 3 is 2.33 bits per heavy atom. The maximum atomic E-state index is 4.74. The topological polar surface area (TPSA) is 17.8 Å². The molecule has 0 unspecified atom stereocenters. The van der Waals surface area contributed by atoms with Gasteiger partial charge in [0.2, 0.25) is 0 Å². The number of fused-ring (bicyclic) bond motifs is 1. The van der Waals surface area contributed by atoms with Crippen LogP contribution in [0.25, 0.3) is 28.2 Å². The molecule has 27 heavy (non-hydrogen) atoms. The van der Waals surface area contributed by atoms with E-state index in [2.05, 4.69) is 85.7 Å². The maximum absolute atomic E-state index is 4.74. The summed E-state index contributed by atoms with van der Waals surface area (Å²) in [5.74, 6) is 0. The van der Waals surface area contributed by atoms with Gasteiger partial charge in [0.15, 0.2) is 0 Å². The Hall–Kier alpha value is -2.84. The number of aromatic nitrogens is 2. The Balaban J connectivity index is 0.00000210. The molecular weight excluding hydrogens is 352 g/mol. The van der Waals surface area contributed by atoms with Gasteiger partial charge in [-0.25, -0.2) is 0 Å². The summed E-state index contributed by atoms with van der Waals surface area (Å²) >= 11 is 0. The molecule has 0 saturated carbocycles. The standard InChI is InChI=1S/C24H22N2.ClH/c1-4-19-10-12-21(13-11-19)23-24-22(14-15-25-23)17(2)18(3)26(24)16-20-8-6-5-7-9-20;/h4-15H,1,16H2,2-3H3;1H. The van der Waals surface area contributed by atoms with Crippen molar-refractivity contribution in [3.05, 3.63) is 95.8 Å². The molecule has 0 aliphatic heterocycles. The second kappa shape index (κ2) is 7.81. The number of halogens is 1. The van der Waals surface area contributed by atoms with Crippen LogP contribution in [0.3, 0.4) is 0 Å². The van der Waals surface area contributed by atoms with Crippen LogP contribution in [0.2, 0.25) is 0 Å². The Kier molecular flexibility index (Phi) is 5.48. The molecule has 0 saturated heterocycles. The first-order valence-corrected chi connectivity index (χ1v) is 8.90. The van der Waals surface area contributed by atoms with Crippen molar-refractivity contribution >= 4 is 29.4 Å². The molecule has 0 N–H and O–H groups in total.